The van der Waals surface area contributed by atoms with Crippen molar-refractivity contribution in [3.05, 3.63) is 27.9 Å². The van der Waals surface area contributed by atoms with Gasteiger partial charge in [-0.2, -0.15) is 0 Å². The average molecular weight is 325 g/mol. The highest BCUT2D eigenvalue weighted by Gasteiger charge is 2.29. The molecule has 9 nitrogen and oxygen atoms in total. The molecule has 0 saturated heterocycles. The molecule has 1 atom stereocenters. The summed E-state index contributed by atoms with van der Waals surface area (Å²) in [5.41, 5.74) is -0.423. The first kappa shape index (κ1) is 18.3. The van der Waals surface area contributed by atoms with E-state index in [4.69, 9.17) is 4.74 Å². The van der Waals surface area contributed by atoms with Crippen LogP contribution in [0, 0.1) is 10.1 Å². The topological polar surface area (TPSA) is 112 Å². The van der Waals surface area contributed by atoms with Crippen molar-refractivity contribution >= 4 is 23.4 Å². The number of nitro groups is 1. The Hall–Kier alpha value is -2.71. The van der Waals surface area contributed by atoms with Gasteiger partial charge in [-0.1, -0.05) is 0 Å². The number of aromatic nitrogens is 1. The van der Waals surface area contributed by atoms with Crippen LogP contribution in [0.5, 0.6) is 0 Å². The summed E-state index contributed by atoms with van der Waals surface area (Å²) in [6.45, 7) is 5.48. The zero-order valence-electron chi connectivity index (χ0n) is 13.4. The lowest BCUT2D eigenvalue weighted by Crippen LogP contribution is -2.41. The molecule has 0 aliphatic rings. The van der Waals surface area contributed by atoms with Crippen LogP contribution in [0.1, 0.15) is 31.1 Å². The fourth-order valence-electron chi connectivity index (χ4n) is 2.03. The third-order valence-corrected chi connectivity index (χ3v) is 3.17. The molecule has 0 aliphatic heterocycles. The Kier molecular flexibility index (Phi) is 6.43. The molecule has 0 saturated carbocycles. The maximum absolute atomic E-state index is 11.9. The van der Waals surface area contributed by atoms with Crippen molar-refractivity contribution in [2.75, 3.05) is 25.2 Å². The zero-order valence-corrected chi connectivity index (χ0v) is 13.4. The first-order chi connectivity index (χ1) is 10.9. The van der Waals surface area contributed by atoms with Gasteiger partial charge in [-0.15, -0.1) is 0 Å². The van der Waals surface area contributed by atoms with Gasteiger partial charge in [0.15, 0.2) is 0 Å². The van der Waals surface area contributed by atoms with Gasteiger partial charge in [0.05, 0.1) is 24.2 Å². The Balaban J connectivity index is 3.30. The van der Waals surface area contributed by atoms with E-state index >= 15 is 0 Å². The van der Waals surface area contributed by atoms with Crippen molar-refractivity contribution < 1.29 is 24.0 Å². The van der Waals surface area contributed by atoms with Gasteiger partial charge in [0.1, 0.15) is 6.04 Å². The number of ether oxygens (including phenoxy) is 2. The van der Waals surface area contributed by atoms with Gasteiger partial charge in [0, 0.05) is 18.8 Å². The summed E-state index contributed by atoms with van der Waals surface area (Å²) in [6.07, 6.45) is 1.18. The molecule has 1 rings (SSSR count). The van der Waals surface area contributed by atoms with E-state index in [9.17, 15) is 19.7 Å². The third kappa shape index (κ3) is 4.15. The van der Waals surface area contributed by atoms with Crippen LogP contribution < -0.4 is 4.90 Å². The summed E-state index contributed by atoms with van der Waals surface area (Å²) >= 11 is 0. The highest BCUT2D eigenvalue weighted by atomic mass is 16.6. The molecule has 1 heterocycles. The van der Waals surface area contributed by atoms with E-state index in [1.54, 1.807) is 20.8 Å². The van der Waals surface area contributed by atoms with Crippen LogP contribution >= 0.6 is 0 Å². The quantitative estimate of drug-likeness (QED) is 0.422. The molecule has 0 aliphatic carbocycles. The largest absolute Gasteiger partial charge is 0.465 e. The molecule has 9 heteroatoms. The monoisotopic (exact) mass is 325 g/mol. The van der Waals surface area contributed by atoms with Gasteiger partial charge < -0.3 is 14.4 Å². The van der Waals surface area contributed by atoms with E-state index in [1.807, 2.05) is 0 Å². The number of rotatable bonds is 7. The summed E-state index contributed by atoms with van der Waals surface area (Å²) in [5, 5.41) is 11.3. The van der Waals surface area contributed by atoms with Crippen molar-refractivity contribution in [3.8, 4) is 0 Å². The predicted octanol–water partition coefficient (Wildman–Crippen LogP) is 1.55. The number of pyridine rings is 1. The number of carbonyl (C=O) groups excluding carboxylic acids is 2. The molecule has 0 radical (unpaired) electrons. The molecule has 0 amide bonds. The molecule has 0 spiro atoms. The Morgan fingerprint density at radius 2 is 2.09 bits per heavy atom. The number of anilines is 1. The van der Waals surface area contributed by atoms with E-state index in [2.05, 4.69) is 9.72 Å². The van der Waals surface area contributed by atoms with Crippen LogP contribution in [0.25, 0.3) is 0 Å². The maximum atomic E-state index is 11.9. The number of hydrogen-bond donors (Lipinski definition) is 0. The smallest absolute Gasteiger partial charge is 0.339 e. The van der Waals surface area contributed by atoms with Crippen molar-refractivity contribution in [3.63, 3.8) is 0 Å². The number of likely N-dealkylation sites (N-methyl/N-ethyl adjacent to an activating group) is 1. The highest BCUT2D eigenvalue weighted by Crippen LogP contribution is 2.28. The summed E-state index contributed by atoms with van der Waals surface area (Å²) in [6, 6.07) is 0.324. The van der Waals surface area contributed by atoms with Crippen LogP contribution in [0.15, 0.2) is 12.3 Å². The molecular weight excluding hydrogens is 306 g/mol. The van der Waals surface area contributed by atoms with E-state index in [-0.39, 0.29) is 23.7 Å². The van der Waals surface area contributed by atoms with Crippen LogP contribution in [-0.2, 0) is 14.3 Å². The first-order valence-electron chi connectivity index (χ1n) is 7.03. The highest BCUT2D eigenvalue weighted by molar-refractivity contribution is 5.90. The van der Waals surface area contributed by atoms with Crippen molar-refractivity contribution in [1.82, 2.24) is 4.98 Å². The zero-order chi connectivity index (χ0) is 17.6. The minimum atomic E-state index is -0.755. The lowest BCUT2D eigenvalue weighted by Gasteiger charge is -2.27. The second kappa shape index (κ2) is 8.06. The number of hydrogen-bond acceptors (Lipinski definition) is 8. The number of esters is 2. The van der Waals surface area contributed by atoms with Gasteiger partial charge in [-0.3, -0.25) is 10.1 Å². The Bertz CT molecular complexity index is 604. The van der Waals surface area contributed by atoms with Gasteiger partial charge in [-0.05, 0) is 20.8 Å². The molecule has 0 fully saturated rings. The van der Waals surface area contributed by atoms with E-state index in [1.165, 1.54) is 18.2 Å². The lowest BCUT2D eigenvalue weighted by molar-refractivity contribution is -0.384. The Morgan fingerprint density at radius 3 is 2.57 bits per heavy atom. The standard InChI is InChI=1S/C14H19N3O6/c1-5-16(9(3)13(18)23-6-2)12-11(17(20)21)7-10(8-15-12)14(19)22-4/h7-9H,5-6H2,1-4H3/t9-/m0/s1. The second-order valence-corrected chi connectivity index (χ2v) is 4.53. The van der Waals surface area contributed by atoms with E-state index in [0.717, 1.165) is 6.07 Å². The Morgan fingerprint density at radius 1 is 1.43 bits per heavy atom. The Labute approximate surface area is 133 Å². The van der Waals surface area contributed by atoms with Crippen molar-refractivity contribution in [2.24, 2.45) is 0 Å². The van der Waals surface area contributed by atoms with Gasteiger partial charge in [-0.25, -0.2) is 14.6 Å². The van der Waals surface area contributed by atoms with Gasteiger partial charge in [0.25, 0.3) is 0 Å². The van der Waals surface area contributed by atoms with Crippen LogP contribution in [0.3, 0.4) is 0 Å². The number of carbonyl (C=O) groups is 2. The molecule has 0 unspecified atom stereocenters. The number of nitrogens with zero attached hydrogens (tertiary/aromatic N) is 3. The normalized spacial score (nSPS) is 11.5. The summed E-state index contributed by atoms with van der Waals surface area (Å²) < 4.78 is 9.46. The fraction of sp³-hybridized carbons (Fsp3) is 0.500. The molecular formula is C14H19N3O6. The van der Waals surface area contributed by atoms with Crippen molar-refractivity contribution in [2.45, 2.75) is 26.8 Å². The molecule has 1 aromatic heterocycles. The first-order valence-corrected chi connectivity index (χ1v) is 7.03. The van der Waals surface area contributed by atoms with Crippen LogP contribution in [0.4, 0.5) is 11.5 Å². The fourth-order valence-corrected chi connectivity index (χ4v) is 2.03. The average Bonchev–Trinajstić information content (AvgIpc) is 2.54. The molecule has 0 N–H and O–H groups in total. The molecule has 126 valence electrons. The van der Waals surface area contributed by atoms with E-state index < -0.39 is 22.9 Å². The molecule has 1 aromatic rings. The second-order valence-electron chi connectivity index (χ2n) is 4.53. The third-order valence-electron chi connectivity index (χ3n) is 3.17. The predicted molar refractivity (Wildman–Crippen MR) is 81.3 cm³/mol. The van der Waals surface area contributed by atoms with Crippen LogP contribution in [-0.4, -0.2) is 48.1 Å². The lowest BCUT2D eigenvalue weighted by atomic mass is 10.2. The maximum Gasteiger partial charge on any atom is 0.339 e. The van der Waals surface area contributed by atoms with Gasteiger partial charge in [0.2, 0.25) is 5.82 Å². The summed E-state index contributed by atoms with van der Waals surface area (Å²) in [7, 11) is 1.17. The molecule has 23 heavy (non-hydrogen) atoms. The van der Waals surface area contributed by atoms with Gasteiger partial charge >= 0.3 is 17.6 Å². The minimum Gasteiger partial charge on any atom is -0.465 e. The number of methoxy groups -OCH3 is 1. The van der Waals surface area contributed by atoms with E-state index in [0.29, 0.717) is 6.54 Å². The molecule has 0 bridgehead atoms. The van der Waals surface area contributed by atoms with Crippen molar-refractivity contribution in [1.29, 1.82) is 0 Å². The summed E-state index contributed by atoms with van der Waals surface area (Å²) in [5.74, 6) is -1.25. The minimum absolute atomic E-state index is 0.00861. The SMILES string of the molecule is CCOC(=O)[C@H](C)N(CC)c1ncc(C(=O)OC)cc1[N+](=O)[O-]. The molecule has 0 aromatic carbocycles. The summed E-state index contributed by atoms with van der Waals surface area (Å²) in [4.78, 5) is 39.4. The van der Waals surface area contributed by atoms with Crippen LogP contribution in [0.2, 0.25) is 0 Å².